The molecule has 5 nitrogen and oxygen atoms in total. The number of likely N-dealkylation sites (tertiary alicyclic amines) is 1. The van der Waals surface area contributed by atoms with Gasteiger partial charge in [0.2, 0.25) is 0 Å². The first-order chi connectivity index (χ1) is 9.16. The van der Waals surface area contributed by atoms with Crippen LogP contribution in [0.1, 0.15) is 23.2 Å². The number of hydrogen-bond acceptors (Lipinski definition) is 4. The Balaban J connectivity index is 1.83. The molecule has 19 heavy (non-hydrogen) atoms. The number of pyridine rings is 1. The molecule has 1 aromatic rings. The molecule has 0 aromatic carbocycles. The summed E-state index contributed by atoms with van der Waals surface area (Å²) in [4.78, 5) is 20.5. The molecular weight excluding hydrogens is 240 g/mol. The van der Waals surface area contributed by atoms with E-state index in [1.165, 1.54) is 12.8 Å². The van der Waals surface area contributed by atoms with Gasteiger partial charge in [0, 0.05) is 38.9 Å². The minimum Gasteiger partial charge on any atom is -0.363 e. The SMILES string of the molecule is CN(C)c1cc(C(=O)NCCN2CCCC2)ccn1. The summed E-state index contributed by atoms with van der Waals surface area (Å²) in [7, 11) is 3.83. The van der Waals surface area contributed by atoms with Crippen LogP contribution in [0.25, 0.3) is 0 Å². The molecule has 104 valence electrons. The molecular formula is C14H22N4O. The van der Waals surface area contributed by atoms with Gasteiger partial charge in [0.25, 0.3) is 5.91 Å². The van der Waals surface area contributed by atoms with Gasteiger partial charge in [-0.05, 0) is 38.1 Å². The smallest absolute Gasteiger partial charge is 0.251 e. The van der Waals surface area contributed by atoms with Crippen LogP contribution in [0.15, 0.2) is 18.3 Å². The topological polar surface area (TPSA) is 48.5 Å². The number of aromatic nitrogens is 1. The molecule has 0 bridgehead atoms. The highest BCUT2D eigenvalue weighted by Crippen LogP contribution is 2.09. The normalized spacial score (nSPS) is 15.5. The number of anilines is 1. The van der Waals surface area contributed by atoms with E-state index in [1.807, 2.05) is 25.1 Å². The van der Waals surface area contributed by atoms with Crippen molar-refractivity contribution in [3.63, 3.8) is 0 Å². The summed E-state index contributed by atoms with van der Waals surface area (Å²) in [6, 6.07) is 3.56. The fourth-order valence-corrected chi connectivity index (χ4v) is 2.24. The molecule has 0 unspecified atom stereocenters. The minimum atomic E-state index is -0.0234. The van der Waals surface area contributed by atoms with Crippen LogP contribution < -0.4 is 10.2 Å². The van der Waals surface area contributed by atoms with Gasteiger partial charge in [0.1, 0.15) is 5.82 Å². The predicted octanol–water partition coefficient (Wildman–Crippen LogP) is 0.973. The van der Waals surface area contributed by atoms with E-state index in [2.05, 4.69) is 15.2 Å². The van der Waals surface area contributed by atoms with Gasteiger partial charge in [-0.25, -0.2) is 4.98 Å². The lowest BCUT2D eigenvalue weighted by atomic mass is 10.2. The van der Waals surface area contributed by atoms with Crippen molar-refractivity contribution in [2.75, 3.05) is 45.2 Å². The van der Waals surface area contributed by atoms with Crippen molar-refractivity contribution < 1.29 is 4.79 Å². The predicted molar refractivity (Wildman–Crippen MR) is 76.6 cm³/mol. The maximum atomic E-state index is 12.0. The van der Waals surface area contributed by atoms with Crippen LogP contribution in [0.3, 0.4) is 0 Å². The summed E-state index contributed by atoms with van der Waals surface area (Å²) >= 11 is 0. The lowest BCUT2D eigenvalue weighted by Gasteiger charge is -2.15. The molecule has 2 heterocycles. The third kappa shape index (κ3) is 3.92. The van der Waals surface area contributed by atoms with Crippen LogP contribution in [-0.2, 0) is 0 Å². The second-order valence-corrected chi connectivity index (χ2v) is 5.10. The van der Waals surface area contributed by atoms with Crippen LogP contribution in [-0.4, -0.2) is 56.1 Å². The van der Waals surface area contributed by atoms with Crippen molar-refractivity contribution in [1.82, 2.24) is 15.2 Å². The summed E-state index contributed by atoms with van der Waals surface area (Å²) in [6.45, 7) is 3.97. The van der Waals surface area contributed by atoms with E-state index in [0.717, 1.165) is 25.5 Å². The summed E-state index contributed by atoms with van der Waals surface area (Å²) in [5.74, 6) is 0.775. The lowest BCUT2D eigenvalue weighted by Crippen LogP contribution is -2.33. The third-order valence-electron chi connectivity index (χ3n) is 3.38. The maximum Gasteiger partial charge on any atom is 0.251 e. The Morgan fingerprint density at radius 3 is 2.84 bits per heavy atom. The number of nitrogens with one attached hydrogen (secondary N) is 1. The first-order valence-corrected chi connectivity index (χ1v) is 6.81. The molecule has 1 fully saturated rings. The molecule has 0 atom stereocenters. The zero-order chi connectivity index (χ0) is 13.7. The third-order valence-corrected chi connectivity index (χ3v) is 3.38. The van der Waals surface area contributed by atoms with Gasteiger partial charge in [-0.2, -0.15) is 0 Å². The number of amides is 1. The van der Waals surface area contributed by atoms with E-state index in [1.54, 1.807) is 12.3 Å². The highest BCUT2D eigenvalue weighted by atomic mass is 16.1. The van der Waals surface area contributed by atoms with E-state index >= 15 is 0 Å². The van der Waals surface area contributed by atoms with Crippen LogP contribution >= 0.6 is 0 Å². The molecule has 0 saturated carbocycles. The standard InChI is InChI=1S/C14H22N4O/c1-17(2)13-11-12(5-6-15-13)14(19)16-7-10-18-8-3-4-9-18/h5-6,11H,3-4,7-10H2,1-2H3,(H,16,19). The number of rotatable bonds is 5. The first-order valence-electron chi connectivity index (χ1n) is 6.81. The Kier molecular flexibility index (Phi) is 4.74. The summed E-state index contributed by atoms with van der Waals surface area (Å²) < 4.78 is 0. The minimum absolute atomic E-state index is 0.0234. The number of nitrogens with zero attached hydrogens (tertiary/aromatic N) is 3. The van der Waals surface area contributed by atoms with Crippen molar-refractivity contribution in [3.8, 4) is 0 Å². The molecule has 1 aromatic heterocycles. The molecule has 0 spiro atoms. The Morgan fingerprint density at radius 2 is 2.16 bits per heavy atom. The number of carbonyl (C=O) groups is 1. The molecule has 1 aliphatic heterocycles. The maximum absolute atomic E-state index is 12.0. The molecule has 2 rings (SSSR count). The second kappa shape index (κ2) is 6.52. The molecule has 1 aliphatic rings. The van der Waals surface area contributed by atoms with E-state index in [-0.39, 0.29) is 5.91 Å². The molecule has 1 amide bonds. The average Bonchev–Trinajstić information content (AvgIpc) is 2.92. The van der Waals surface area contributed by atoms with Gasteiger partial charge in [0.15, 0.2) is 0 Å². The molecule has 1 saturated heterocycles. The van der Waals surface area contributed by atoms with E-state index in [9.17, 15) is 4.79 Å². The van der Waals surface area contributed by atoms with Crippen molar-refractivity contribution in [2.45, 2.75) is 12.8 Å². The van der Waals surface area contributed by atoms with E-state index in [4.69, 9.17) is 0 Å². The summed E-state index contributed by atoms with van der Waals surface area (Å²) in [6.07, 6.45) is 4.24. The quantitative estimate of drug-likeness (QED) is 0.859. The monoisotopic (exact) mass is 262 g/mol. The lowest BCUT2D eigenvalue weighted by molar-refractivity contribution is 0.0949. The van der Waals surface area contributed by atoms with Crippen LogP contribution in [0.4, 0.5) is 5.82 Å². The van der Waals surface area contributed by atoms with Crippen molar-refractivity contribution in [3.05, 3.63) is 23.9 Å². The van der Waals surface area contributed by atoms with Gasteiger partial charge in [-0.15, -0.1) is 0 Å². The van der Waals surface area contributed by atoms with Gasteiger partial charge >= 0.3 is 0 Å². The Labute approximate surface area is 114 Å². The Hall–Kier alpha value is -1.62. The van der Waals surface area contributed by atoms with Crippen molar-refractivity contribution >= 4 is 11.7 Å². The fourth-order valence-electron chi connectivity index (χ4n) is 2.24. The van der Waals surface area contributed by atoms with Gasteiger partial charge in [-0.1, -0.05) is 0 Å². The highest BCUT2D eigenvalue weighted by molar-refractivity contribution is 5.94. The largest absolute Gasteiger partial charge is 0.363 e. The molecule has 5 heteroatoms. The summed E-state index contributed by atoms with van der Waals surface area (Å²) in [5, 5.41) is 2.97. The highest BCUT2D eigenvalue weighted by Gasteiger charge is 2.12. The van der Waals surface area contributed by atoms with Gasteiger partial charge < -0.3 is 15.1 Å². The van der Waals surface area contributed by atoms with Crippen molar-refractivity contribution in [1.29, 1.82) is 0 Å². The summed E-state index contributed by atoms with van der Waals surface area (Å²) in [5.41, 5.74) is 0.667. The fraction of sp³-hybridized carbons (Fsp3) is 0.571. The Morgan fingerprint density at radius 1 is 1.42 bits per heavy atom. The molecule has 0 aliphatic carbocycles. The second-order valence-electron chi connectivity index (χ2n) is 5.10. The number of hydrogen-bond donors (Lipinski definition) is 1. The van der Waals surface area contributed by atoms with E-state index in [0.29, 0.717) is 12.1 Å². The first kappa shape index (κ1) is 13.8. The zero-order valence-corrected chi connectivity index (χ0v) is 11.7. The Bertz CT molecular complexity index is 427. The van der Waals surface area contributed by atoms with Crippen LogP contribution in [0.2, 0.25) is 0 Å². The average molecular weight is 262 g/mol. The zero-order valence-electron chi connectivity index (χ0n) is 11.7. The van der Waals surface area contributed by atoms with Gasteiger partial charge in [0.05, 0.1) is 0 Å². The van der Waals surface area contributed by atoms with Crippen LogP contribution in [0.5, 0.6) is 0 Å². The van der Waals surface area contributed by atoms with Gasteiger partial charge in [-0.3, -0.25) is 4.79 Å². The molecule has 1 N–H and O–H groups in total. The van der Waals surface area contributed by atoms with Crippen LogP contribution in [0, 0.1) is 0 Å². The van der Waals surface area contributed by atoms with Crippen molar-refractivity contribution in [2.24, 2.45) is 0 Å². The van der Waals surface area contributed by atoms with E-state index < -0.39 is 0 Å². The molecule has 0 radical (unpaired) electrons. The number of carbonyl (C=O) groups excluding carboxylic acids is 1.